The molecule has 0 atom stereocenters. The molecule has 2 aromatic carbocycles. The summed E-state index contributed by atoms with van der Waals surface area (Å²) in [5.41, 5.74) is 2.13. The van der Waals surface area contributed by atoms with Gasteiger partial charge in [-0.15, -0.1) is 6.58 Å². The average Bonchev–Trinajstić information content (AvgIpc) is 2.97. The number of carbonyl (C=O) groups excluding carboxylic acids is 1. The zero-order valence-electron chi connectivity index (χ0n) is 15.2. The van der Waals surface area contributed by atoms with E-state index in [4.69, 9.17) is 0 Å². The molecule has 0 aliphatic carbocycles. The van der Waals surface area contributed by atoms with E-state index in [0.29, 0.717) is 24.2 Å². The molecule has 27 heavy (non-hydrogen) atoms. The number of aryl methyl sites for hydroxylation is 1. The molecule has 0 N–H and O–H groups in total. The lowest BCUT2D eigenvalue weighted by molar-refractivity contribution is 0.0757. The second kappa shape index (κ2) is 8.65. The van der Waals surface area contributed by atoms with Crippen molar-refractivity contribution in [3.05, 3.63) is 75.9 Å². The summed E-state index contributed by atoms with van der Waals surface area (Å²) in [6, 6.07) is 12.1. The van der Waals surface area contributed by atoms with Gasteiger partial charge in [0.25, 0.3) is 5.91 Å². The standard InChI is InChI=1S/C21H21FIN3O/c1-3-10-25(21(27)15-6-5-7-17(23)12-15)14-20-24-18-13-16(22)8-9-19(18)26(20)11-4-2/h3,5-9,12-13H,1,4,10-11,14H2,2H3. The number of rotatable bonds is 7. The van der Waals surface area contributed by atoms with E-state index >= 15 is 0 Å². The second-order valence-electron chi connectivity index (χ2n) is 6.30. The fourth-order valence-electron chi connectivity index (χ4n) is 3.10. The molecule has 6 heteroatoms. The van der Waals surface area contributed by atoms with Crippen molar-refractivity contribution < 1.29 is 9.18 Å². The van der Waals surface area contributed by atoms with E-state index in [2.05, 4.69) is 45.6 Å². The van der Waals surface area contributed by atoms with Crippen molar-refractivity contribution in [2.24, 2.45) is 0 Å². The van der Waals surface area contributed by atoms with Gasteiger partial charge in [0.1, 0.15) is 11.6 Å². The van der Waals surface area contributed by atoms with Crippen molar-refractivity contribution in [1.82, 2.24) is 14.5 Å². The normalized spacial score (nSPS) is 10.9. The first kappa shape index (κ1) is 19.5. The van der Waals surface area contributed by atoms with Crippen LogP contribution in [0.5, 0.6) is 0 Å². The number of amides is 1. The molecule has 3 rings (SSSR count). The molecule has 0 spiro atoms. The Balaban J connectivity index is 1.97. The van der Waals surface area contributed by atoms with E-state index in [1.807, 2.05) is 24.3 Å². The fraction of sp³-hybridized carbons (Fsp3) is 0.238. The lowest BCUT2D eigenvalue weighted by Gasteiger charge is -2.21. The highest BCUT2D eigenvalue weighted by Crippen LogP contribution is 2.20. The first-order chi connectivity index (χ1) is 13.0. The third kappa shape index (κ3) is 4.37. The Morgan fingerprint density at radius 2 is 2.15 bits per heavy atom. The number of carbonyl (C=O) groups is 1. The number of benzene rings is 2. The highest BCUT2D eigenvalue weighted by molar-refractivity contribution is 14.1. The summed E-state index contributed by atoms with van der Waals surface area (Å²) in [5, 5.41) is 0. The maximum absolute atomic E-state index is 13.6. The van der Waals surface area contributed by atoms with Crippen LogP contribution in [-0.4, -0.2) is 26.9 Å². The fourth-order valence-corrected chi connectivity index (χ4v) is 3.64. The zero-order chi connectivity index (χ0) is 19.4. The molecular formula is C21H21FIN3O. The molecule has 1 heterocycles. The Morgan fingerprint density at radius 1 is 1.33 bits per heavy atom. The SMILES string of the molecule is C=CCN(Cc1nc2cc(F)ccc2n1CCC)C(=O)c1cccc(I)c1. The molecule has 3 aromatic rings. The monoisotopic (exact) mass is 477 g/mol. The van der Waals surface area contributed by atoms with E-state index in [-0.39, 0.29) is 11.7 Å². The summed E-state index contributed by atoms with van der Waals surface area (Å²) in [6.45, 7) is 7.37. The Labute approximate surface area is 171 Å². The van der Waals surface area contributed by atoms with Gasteiger partial charge in [-0.05, 0) is 59.3 Å². The molecule has 0 fully saturated rings. The van der Waals surface area contributed by atoms with Gasteiger partial charge in [0, 0.05) is 28.3 Å². The van der Waals surface area contributed by atoms with Crippen LogP contribution in [0.1, 0.15) is 29.5 Å². The minimum Gasteiger partial charge on any atom is -0.327 e. The van der Waals surface area contributed by atoms with Crippen LogP contribution in [0.25, 0.3) is 11.0 Å². The number of fused-ring (bicyclic) bond motifs is 1. The third-order valence-electron chi connectivity index (χ3n) is 4.28. The van der Waals surface area contributed by atoms with E-state index in [0.717, 1.165) is 27.9 Å². The van der Waals surface area contributed by atoms with Crippen molar-refractivity contribution in [2.45, 2.75) is 26.4 Å². The molecule has 0 bridgehead atoms. The minimum absolute atomic E-state index is 0.0744. The number of nitrogens with zero attached hydrogens (tertiary/aromatic N) is 3. The van der Waals surface area contributed by atoms with Crippen molar-refractivity contribution >= 4 is 39.5 Å². The van der Waals surface area contributed by atoms with Crippen LogP contribution in [0.2, 0.25) is 0 Å². The second-order valence-corrected chi connectivity index (χ2v) is 7.54. The highest BCUT2D eigenvalue weighted by Gasteiger charge is 2.19. The van der Waals surface area contributed by atoms with E-state index in [9.17, 15) is 9.18 Å². The predicted octanol–water partition coefficient (Wildman–Crippen LogP) is 5.02. The molecule has 1 amide bonds. The summed E-state index contributed by atoms with van der Waals surface area (Å²) in [5.74, 6) is 0.362. The van der Waals surface area contributed by atoms with Gasteiger partial charge in [0.2, 0.25) is 0 Å². The van der Waals surface area contributed by atoms with Gasteiger partial charge >= 0.3 is 0 Å². The maximum atomic E-state index is 13.6. The van der Waals surface area contributed by atoms with Crippen molar-refractivity contribution in [3.63, 3.8) is 0 Å². The van der Waals surface area contributed by atoms with E-state index < -0.39 is 0 Å². The number of hydrogen-bond acceptors (Lipinski definition) is 2. The average molecular weight is 477 g/mol. The third-order valence-corrected chi connectivity index (χ3v) is 4.95. The van der Waals surface area contributed by atoms with Gasteiger partial charge in [-0.25, -0.2) is 9.37 Å². The van der Waals surface area contributed by atoms with Crippen LogP contribution in [0.15, 0.2) is 55.1 Å². The predicted molar refractivity (Wildman–Crippen MR) is 114 cm³/mol. The molecule has 0 aliphatic heterocycles. The van der Waals surface area contributed by atoms with Crippen LogP contribution in [0, 0.1) is 9.39 Å². The first-order valence-corrected chi connectivity index (χ1v) is 9.91. The molecule has 0 saturated heterocycles. The summed E-state index contributed by atoms with van der Waals surface area (Å²) in [6.07, 6.45) is 2.63. The van der Waals surface area contributed by atoms with Crippen molar-refractivity contribution in [1.29, 1.82) is 0 Å². The molecule has 0 unspecified atom stereocenters. The molecule has 140 valence electrons. The molecule has 4 nitrogen and oxygen atoms in total. The van der Waals surface area contributed by atoms with Gasteiger partial charge < -0.3 is 9.47 Å². The summed E-state index contributed by atoms with van der Waals surface area (Å²) in [7, 11) is 0. The van der Waals surface area contributed by atoms with Gasteiger partial charge in [0.05, 0.1) is 17.6 Å². The molecule has 0 aliphatic rings. The lowest BCUT2D eigenvalue weighted by Crippen LogP contribution is -2.32. The van der Waals surface area contributed by atoms with Crippen LogP contribution in [-0.2, 0) is 13.1 Å². The lowest BCUT2D eigenvalue weighted by atomic mass is 10.2. The Hall–Kier alpha value is -2.22. The maximum Gasteiger partial charge on any atom is 0.254 e. The number of aromatic nitrogens is 2. The Bertz CT molecular complexity index is 983. The van der Waals surface area contributed by atoms with Crippen molar-refractivity contribution in [3.8, 4) is 0 Å². The summed E-state index contributed by atoms with van der Waals surface area (Å²) in [4.78, 5) is 19.3. The van der Waals surface area contributed by atoms with Gasteiger partial charge in [-0.1, -0.05) is 19.1 Å². The molecular weight excluding hydrogens is 456 g/mol. The quantitative estimate of drug-likeness (QED) is 0.354. The zero-order valence-corrected chi connectivity index (χ0v) is 17.3. The number of imidazole rings is 1. The summed E-state index contributed by atoms with van der Waals surface area (Å²) >= 11 is 2.19. The van der Waals surface area contributed by atoms with Crippen LogP contribution < -0.4 is 0 Å². The minimum atomic E-state index is -0.312. The smallest absolute Gasteiger partial charge is 0.254 e. The van der Waals surface area contributed by atoms with Crippen LogP contribution in [0.4, 0.5) is 4.39 Å². The van der Waals surface area contributed by atoms with Crippen LogP contribution in [0.3, 0.4) is 0 Å². The van der Waals surface area contributed by atoms with E-state index in [1.165, 1.54) is 12.1 Å². The van der Waals surface area contributed by atoms with Crippen LogP contribution >= 0.6 is 22.6 Å². The van der Waals surface area contributed by atoms with Crippen molar-refractivity contribution in [2.75, 3.05) is 6.54 Å². The number of hydrogen-bond donors (Lipinski definition) is 0. The number of halogens is 2. The van der Waals surface area contributed by atoms with Gasteiger partial charge in [-0.2, -0.15) is 0 Å². The summed E-state index contributed by atoms with van der Waals surface area (Å²) < 4.78 is 16.7. The van der Waals surface area contributed by atoms with E-state index in [1.54, 1.807) is 17.0 Å². The molecule has 0 saturated carbocycles. The first-order valence-electron chi connectivity index (χ1n) is 8.84. The largest absolute Gasteiger partial charge is 0.327 e. The highest BCUT2D eigenvalue weighted by atomic mass is 127. The molecule has 1 aromatic heterocycles. The molecule has 0 radical (unpaired) electrons. The van der Waals surface area contributed by atoms with Gasteiger partial charge in [0.15, 0.2) is 0 Å². The van der Waals surface area contributed by atoms with Gasteiger partial charge in [-0.3, -0.25) is 4.79 Å². The Morgan fingerprint density at radius 3 is 2.85 bits per heavy atom. The topological polar surface area (TPSA) is 38.1 Å². The Kier molecular flexibility index (Phi) is 6.26.